The number of hydrogen-bond acceptors (Lipinski definition) is 4. The molecule has 0 atom stereocenters. The number of nitrogens with zero attached hydrogens (tertiary/aromatic N) is 1. The molecule has 1 heterocycles. The molecule has 0 unspecified atom stereocenters. The van der Waals surface area contributed by atoms with Crippen LogP contribution in [0.2, 0.25) is 0 Å². The first-order valence-electron chi connectivity index (χ1n) is 6.12. The summed E-state index contributed by atoms with van der Waals surface area (Å²) in [5.74, 6) is 0.822. The van der Waals surface area contributed by atoms with Crippen molar-refractivity contribution in [3.8, 4) is 0 Å². The van der Waals surface area contributed by atoms with Gasteiger partial charge in [0.2, 0.25) is 10.0 Å². The van der Waals surface area contributed by atoms with Crippen LogP contribution in [0.15, 0.2) is 24.3 Å². The maximum Gasteiger partial charge on any atom is 0.218 e. The van der Waals surface area contributed by atoms with E-state index in [1.54, 1.807) is 6.07 Å². The van der Waals surface area contributed by atoms with Crippen molar-refractivity contribution < 1.29 is 12.6 Å². The highest BCUT2D eigenvalue weighted by atomic mass is 32.2. The molecule has 1 aliphatic rings. The summed E-state index contributed by atoms with van der Waals surface area (Å²) in [7, 11) is -4.22. The molecule has 1 saturated heterocycles. The highest BCUT2D eigenvalue weighted by Gasteiger charge is 2.27. The zero-order valence-corrected chi connectivity index (χ0v) is 12.3. The van der Waals surface area contributed by atoms with E-state index in [0.717, 1.165) is 11.1 Å². The van der Waals surface area contributed by atoms with Gasteiger partial charge in [-0.1, -0.05) is 24.3 Å². The van der Waals surface area contributed by atoms with E-state index < -0.39 is 20.8 Å². The highest BCUT2D eigenvalue weighted by Crippen LogP contribution is 2.16. The molecule has 0 spiro atoms. The van der Waals surface area contributed by atoms with Crippen molar-refractivity contribution in [2.24, 2.45) is 5.73 Å². The fraction of sp³-hybridized carbons (Fsp3) is 0.500. The fourth-order valence-corrected chi connectivity index (χ4v) is 4.96. The van der Waals surface area contributed by atoms with Crippen molar-refractivity contribution in [3.63, 3.8) is 0 Å². The van der Waals surface area contributed by atoms with Crippen LogP contribution in [0.4, 0.5) is 0 Å². The summed E-state index contributed by atoms with van der Waals surface area (Å²) in [5, 5.41) is 0. The van der Waals surface area contributed by atoms with Crippen LogP contribution in [-0.4, -0.2) is 41.5 Å². The van der Waals surface area contributed by atoms with Crippen molar-refractivity contribution in [1.82, 2.24) is 4.31 Å². The molecule has 0 amide bonds. The predicted molar refractivity (Wildman–Crippen MR) is 76.4 cm³/mol. The van der Waals surface area contributed by atoms with E-state index in [0.29, 0.717) is 31.1 Å². The number of hydrogen-bond donors (Lipinski definition) is 1. The quantitative estimate of drug-likeness (QED) is 0.851. The van der Waals surface area contributed by atoms with E-state index >= 15 is 0 Å². The summed E-state index contributed by atoms with van der Waals surface area (Å²) >= 11 is 0. The lowest BCUT2D eigenvalue weighted by Crippen LogP contribution is -2.42. The van der Waals surface area contributed by atoms with Gasteiger partial charge in [-0.2, -0.15) is 4.31 Å². The Labute approximate surface area is 116 Å². The van der Waals surface area contributed by atoms with Crippen LogP contribution in [-0.2, 0) is 33.1 Å². The van der Waals surface area contributed by atoms with Gasteiger partial charge in [-0.05, 0) is 11.1 Å². The van der Waals surface area contributed by atoms with Crippen LogP contribution < -0.4 is 5.73 Å². The Kier molecular flexibility index (Phi) is 4.72. The molecule has 0 radical (unpaired) electrons. The second-order valence-corrected chi connectivity index (χ2v) is 8.14. The molecule has 106 valence electrons. The summed E-state index contributed by atoms with van der Waals surface area (Å²) < 4.78 is 37.3. The Bertz CT molecular complexity index is 562. The number of benzene rings is 1. The third kappa shape index (κ3) is 3.62. The standard InChI is InChI=1S/C12H18N2O3S2/c13-9-11-3-1-2-4-12(11)10-19(16,17)14-5-7-18(15)8-6-14/h1-4H,5-10,13H2. The largest absolute Gasteiger partial charge is 0.326 e. The average molecular weight is 302 g/mol. The Morgan fingerprint density at radius 1 is 1.16 bits per heavy atom. The summed E-state index contributed by atoms with van der Waals surface area (Å²) in [6.45, 7) is 1.02. The maximum absolute atomic E-state index is 12.3. The first kappa shape index (κ1) is 14.6. The van der Waals surface area contributed by atoms with Crippen LogP contribution in [0.1, 0.15) is 11.1 Å². The van der Waals surface area contributed by atoms with E-state index in [4.69, 9.17) is 5.73 Å². The van der Waals surface area contributed by atoms with Gasteiger partial charge >= 0.3 is 0 Å². The van der Waals surface area contributed by atoms with Gasteiger partial charge in [0, 0.05) is 41.9 Å². The summed E-state index contributed by atoms with van der Waals surface area (Å²) in [6.07, 6.45) is 0. The fourth-order valence-electron chi connectivity index (χ4n) is 2.08. The molecule has 1 aromatic rings. The molecule has 0 aliphatic carbocycles. The van der Waals surface area contributed by atoms with Crippen LogP contribution in [0.3, 0.4) is 0 Å². The van der Waals surface area contributed by atoms with Crippen molar-refractivity contribution in [2.75, 3.05) is 24.6 Å². The second kappa shape index (κ2) is 6.13. The van der Waals surface area contributed by atoms with Gasteiger partial charge in [0.15, 0.2) is 0 Å². The third-order valence-corrected chi connectivity index (χ3v) is 6.31. The number of sulfonamides is 1. The smallest absolute Gasteiger partial charge is 0.218 e. The summed E-state index contributed by atoms with van der Waals surface area (Å²) in [5.41, 5.74) is 7.22. The Morgan fingerprint density at radius 3 is 2.32 bits per heavy atom. The minimum atomic E-state index is -3.35. The van der Waals surface area contributed by atoms with Gasteiger partial charge in [-0.3, -0.25) is 4.21 Å². The lowest BCUT2D eigenvalue weighted by molar-refractivity contribution is 0.438. The Balaban J connectivity index is 2.15. The van der Waals surface area contributed by atoms with E-state index in [1.807, 2.05) is 18.2 Å². The molecule has 2 N–H and O–H groups in total. The zero-order chi connectivity index (χ0) is 13.9. The first-order valence-corrected chi connectivity index (χ1v) is 9.22. The molecular formula is C12H18N2O3S2. The topological polar surface area (TPSA) is 80.5 Å². The Hall–Kier alpha value is -0.760. The predicted octanol–water partition coefficient (Wildman–Crippen LogP) is 0.0394. The van der Waals surface area contributed by atoms with Crippen LogP contribution in [0.25, 0.3) is 0 Å². The monoisotopic (exact) mass is 302 g/mol. The third-order valence-electron chi connectivity index (χ3n) is 3.21. The van der Waals surface area contributed by atoms with E-state index in [1.165, 1.54) is 4.31 Å². The Morgan fingerprint density at radius 2 is 1.74 bits per heavy atom. The van der Waals surface area contributed by atoms with Gasteiger partial charge in [-0.25, -0.2) is 8.42 Å². The van der Waals surface area contributed by atoms with Gasteiger partial charge in [0.1, 0.15) is 0 Å². The molecule has 0 saturated carbocycles. The normalized spacial score (nSPS) is 18.6. The molecule has 1 aromatic carbocycles. The number of rotatable bonds is 4. The van der Waals surface area contributed by atoms with Gasteiger partial charge in [-0.15, -0.1) is 0 Å². The summed E-state index contributed by atoms with van der Waals surface area (Å²) in [4.78, 5) is 0. The van der Waals surface area contributed by atoms with Gasteiger partial charge < -0.3 is 5.73 Å². The van der Waals surface area contributed by atoms with Gasteiger partial charge in [0.05, 0.1) is 5.75 Å². The van der Waals surface area contributed by atoms with Crippen LogP contribution in [0, 0.1) is 0 Å². The van der Waals surface area contributed by atoms with E-state index in [9.17, 15) is 12.6 Å². The molecule has 19 heavy (non-hydrogen) atoms. The second-order valence-electron chi connectivity index (χ2n) is 4.48. The van der Waals surface area contributed by atoms with Crippen molar-refractivity contribution in [3.05, 3.63) is 35.4 Å². The summed E-state index contributed by atoms with van der Waals surface area (Å²) in [6, 6.07) is 7.30. The molecule has 0 aromatic heterocycles. The van der Waals surface area contributed by atoms with E-state index in [-0.39, 0.29) is 5.75 Å². The van der Waals surface area contributed by atoms with Crippen molar-refractivity contribution >= 4 is 20.8 Å². The minimum absolute atomic E-state index is 0.0347. The SMILES string of the molecule is NCc1ccccc1CS(=O)(=O)N1CCS(=O)CC1. The maximum atomic E-state index is 12.3. The molecule has 7 heteroatoms. The molecular weight excluding hydrogens is 284 g/mol. The van der Waals surface area contributed by atoms with E-state index in [2.05, 4.69) is 0 Å². The lowest BCUT2D eigenvalue weighted by Gasteiger charge is -2.25. The minimum Gasteiger partial charge on any atom is -0.326 e. The molecule has 0 bridgehead atoms. The molecule has 1 aliphatic heterocycles. The van der Waals surface area contributed by atoms with Crippen molar-refractivity contribution in [2.45, 2.75) is 12.3 Å². The molecule has 1 fully saturated rings. The van der Waals surface area contributed by atoms with Crippen LogP contribution >= 0.6 is 0 Å². The van der Waals surface area contributed by atoms with Crippen molar-refractivity contribution in [1.29, 1.82) is 0 Å². The van der Waals surface area contributed by atoms with Gasteiger partial charge in [0.25, 0.3) is 0 Å². The van der Waals surface area contributed by atoms with Crippen LogP contribution in [0.5, 0.6) is 0 Å². The lowest BCUT2D eigenvalue weighted by atomic mass is 10.1. The highest BCUT2D eigenvalue weighted by molar-refractivity contribution is 7.88. The average Bonchev–Trinajstić information content (AvgIpc) is 2.39. The zero-order valence-electron chi connectivity index (χ0n) is 10.6. The molecule has 2 rings (SSSR count). The first-order chi connectivity index (χ1) is 9.03. The molecule has 5 nitrogen and oxygen atoms in total. The number of nitrogens with two attached hydrogens (primary N) is 1.